The van der Waals surface area contributed by atoms with Crippen LogP contribution in [0.3, 0.4) is 0 Å². The zero-order valence-electron chi connectivity index (χ0n) is 18.2. The molecule has 0 radical (unpaired) electrons. The summed E-state index contributed by atoms with van der Waals surface area (Å²) in [5, 5.41) is 2.91. The van der Waals surface area contributed by atoms with Crippen LogP contribution in [0.1, 0.15) is 38.3 Å². The van der Waals surface area contributed by atoms with Crippen LogP contribution in [-0.2, 0) is 22.6 Å². The molecule has 1 heterocycles. The number of nitrogens with zero attached hydrogens (tertiary/aromatic N) is 1. The molecule has 2 amide bonds. The van der Waals surface area contributed by atoms with E-state index >= 15 is 0 Å². The molecule has 3 rings (SSSR count). The number of benzene rings is 2. The summed E-state index contributed by atoms with van der Waals surface area (Å²) in [6.45, 7) is 7.05. The Balaban J connectivity index is 1.71. The highest BCUT2D eigenvalue weighted by atomic mass is 79.9. The molecule has 0 saturated carbocycles. The molecule has 0 aliphatic carbocycles. The molecule has 2 aromatic rings. The number of halogens is 1. The van der Waals surface area contributed by atoms with Crippen LogP contribution in [0.2, 0.25) is 0 Å². The van der Waals surface area contributed by atoms with Crippen molar-refractivity contribution in [3.63, 3.8) is 0 Å². The van der Waals surface area contributed by atoms with Gasteiger partial charge in [-0.15, -0.1) is 0 Å². The van der Waals surface area contributed by atoms with Crippen molar-refractivity contribution in [1.29, 1.82) is 0 Å². The van der Waals surface area contributed by atoms with Gasteiger partial charge in [0.05, 0.1) is 0 Å². The lowest BCUT2D eigenvalue weighted by Crippen LogP contribution is -2.49. The fourth-order valence-electron chi connectivity index (χ4n) is 3.41. The number of aryl methyl sites for hydroxylation is 1. The number of fused-ring (bicyclic) bond motifs is 1. The fraction of sp³-hybridized carbons (Fsp3) is 0.417. The Labute approximate surface area is 192 Å². The van der Waals surface area contributed by atoms with Crippen LogP contribution in [0, 0.1) is 0 Å². The van der Waals surface area contributed by atoms with E-state index in [9.17, 15) is 9.59 Å². The number of hydrogen-bond acceptors (Lipinski definition) is 4. The van der Waals surface area contributed by atoms with E-state index in [4.69, 9.17) is 9.47 Å². The van der Waals surface area contributed by atoms with E-state index in [2.05, 4.69) is 21.2 Å². The van der Waals surface area contributed by atoms with Crippen LogP contribution in [0.5, 0.6) is 11.5 Å². The molecular formula is C24H29BrN2O4. The number of carbonyl (C=O) groups is 2. The Kier molecular flexibility index (Phi) is 7.96. The van der Waals surface area contributed by atoms with Gasteiger partial charge in [0.1, 0.15) is 19.3 Å². The van der Waals surface area contributed by atoms with Gasteiger partial charge in [-0.1, -0.05) is 34.1 Å². The molecule has 0 spiro atoms. The van der Waals surface area contributed by atoms with Crippen molar-refractivity contribution >= 4 is 27.7 Å². The summed E-state index contributed by atoms with van der Waals surface area (Å²) in [5.41, 5.74) is 1.97. The van der Waals surface area contributed by atoms with E-state index in [1.54, 1.807) is 11.8 Å². The van der Waals surface area contributed by atoms with Gasteiger partial charge in [-0.2, -0.15) is 0 Å². The molecule has 1 aliphatic heterocycles. The van der Waals surface area contributed by atoms with Crippen LogP contribution in [0.15, 0.2) is 46.9 Å². The summed E-state index contributed by atoms with van der Waals surface area (Å²) in [7, 11) is 0. The lowest BCUT2D eigenvalue weighted by molar-refractivity contribution is -0.140. The van der Waals surface area contributed by atoms with Crippen LogP contribution in [0.4, 0.5) is 0 Å². The molecule has 0 aromatic heterocycles. The standard InChI is InChI=1S/C24H29BrN2O4/c1-16(2)26-24(29)17(3)27(15-19-4-8-20(25)9-5-19)23(28)11-7-18-6-10-21-22(14-18)31-13-12-30-21/h4-6,8-10,14,16-17H,7,11-13,15H2,1-3H3,(H,26,29)/t17-/m1/s1. The highest BCUT2D eigenvalue weighted by Crippen LogP contribution is 2.31. The molecule has 1 aliphatic rings. The predicted octanol–water partition coefficient (Wildman–Crippen LogP) is 4.09. The average molecular weight is 489 g/mol. The largest absolute Gasteiger partial charge is 0.486 e. The van der Waals surface area contributed by atoms with Crippen molar-refractivity contribution in [3.8, 4) is 11.5 Å². The number of ether oxygens (including phenoxy) is 2. The summed E-state index contributed by atoms with van der Waals surface area (Å²) < 4.78 is 12.2. The summed E-state index contributed by atoms with van der Waals surface area (Å²) >= 11 is 3.43. The lowest BCUT2D eigenvalue weighted by Gasteiger charge is -2.29. The van der Waals surface area contributed by atoms with Gasteiger partial charge in [0.25, 0.3) is 0 Å². The van der Waals surface area contributed by atoms with Gasteiger partial charge >= 0.3 is 0 Å². The lowest BCUT2D eigenvalue weighted by atomic mass is 10.1. The van der Waals surface area contributed by atoms with Crippen molar-refractivity contribution in [3.05, 3.63) is 58.1 Å². The van der Waals surface area contributed by atoms with Crippen LogP contribution in [-0.4, -0.2) is 42.0 Å². The Morgan fingerprint density at radius 1 is 1.00 bits per heavy atom. The molecule has 1 atom stereocenters. The third-order valence-corrected chi connectivity index (χ3v) is 5.63. The average Bonchev–Trinajstić information content (AvgIpc) is 2.76. The molecule has 31 heavy (non-hydrogen) atoms. The topological polar surface area (TPSA) is 67.9 Å². The minimum absolute atomic E-state index is 0.0114. The Morgan fingerprint density at radius 2 is 1.65 bits per heavy atom. The fourth-order valence-corrected chi connectivity index (χ4v) is 3.68. The molecule has 0 bridgehead atoms. The van der Waals surface area contributed by atoms with E-state index in [0.29, 0.717) is 38.3 Å². The van der Waals surface area contributed by atoms with Gasteiger partial charge in [0.15, 0.2) is 11.5 Å². The Bertz CT molecular complexity index is 914. The van der Waals surface area contributed by atoms with Crippen LogP contribution >= 0.6 is 15.9 Å². The quantitative estimate of drug-likeness (QED) is 0.607. The van der Waals surface area contributed by atoms with Gasteiger partial charge in [0.2, 0.25) is 11.8 Å². The molecule has 1 N–H and O–H groups in total. The second-order valence-electron chi connectivity index (χ2n) is 7.97. The molecule has 6 nitrogen and oxygen atoms in total. The first-order chi connectivity index (χ1) is 14.8. The maximum absolute atomic E-state index is 13.2. The third-order valence-electron chi connectivity index (χ3n) is 5.10. The summed E-state index contributed by atoms with van der Waals surface area (Å²) in [6.07, 6.45) is 0.861. The highest BCUT2D eigenvalue weighted by molar-refractivity contribution is 9.10. The molecule has 0 unspecified atom stereocenters. The normalized spacial score (nSPS) is 13.6. The van der Waals surface area contributed by atoms with Gasteiger partial charge < -0.3 is 19.7 Å². The number of hydrogen-bond donors (Lipinski definition) is 1. The van der Waals surface area contributed by atoms with Crippen molar-refractivity contribution in [2.45, 2.75) is 52.2 Å². The first-order valence-electron chi connectivity index (χ1n) is 10.6. The highest BCUT2D eigenvalue weighted by Gasteiger charge is 2.26. The van der Waals surface area contributed by atoms with E-state index < -0.39 is 6.04 Å². The number of rotatable bonds is 8. The monoisotopic (exact) mass is 488 g/mol. The molecule has 0 saturated heterocycles. The number of amides is 2. The first-order valence-corrected chi connectivity index (χ1v) is 11.4. The Hall–Kier alpha value is -2.54. The first kappa shape index (κ1) is 23.1. The molecule has 7 heteroatoms. The Morgan fingerprint density at radius 3 is 2.32 bits per heavy atom. The second-order valence-corrected chi connectivity index (χ2v) is 8.88. The summed E-state index contributed by atoms with van der Waals surface area (Å²) in [5.74, 6) is 1.23. The zero-order chi connectivity index (χ0) is 22.4. The van der Waals surface area contributed by atoms with Crippen molar-refractivity contribution in [1.82, 2.24) is 10.2 Å². The van der Waals surface area contributed by atoms with Gasteiger partial charge in [0, 0.05) is 23.5 Å². The zero-order valence-corrected chi connectivity index (χ0v) is 19.8. The van der Waals surface area contributed by atoms with Crippen molar-refractivity contribution in [2.24, 2.45) is 0 Å². The molecular weight excluding hydrogens is 460 g/mol. The van der Waals surface area contributed by atoms with Crippen molar-refractivity contribution < 1.29 is 19.1 Å². The van der Waals surface area contributed by atoms with Gasteiger partial charge in [-0.05, 0) is 62.6 Å². The van der Waals surface area contributed by atoms with Crippen molar-refractivity contribution in [2.75, 3.05) is 13.2 Å². The molecule has 166 valence electrons. The van der Waals surface area contributed by atoms with Crippen LogP contribution in [0.25, 0.3) is 0 Å². The van der Waals surface area contributed by atoms with E-state index in [1.807, 2.05) is 56.3 Å². The van der Waals surface area contributed by atoms with Gasteiger partial charge in [-0.3, -0.25) is 9.59 Å². The maximum Gasteiger partial charge on any atom is 0.242 e. The maximum atomic E-state index is 13.2. The van der Waals surface area contributed by atoms with E-state index in [1.165, 1.54) is 0 Å². The van der Waals surface area contributed by atoms with Crippen LogP contribution < -0.4 is 14.8 Å². The minimum atomic E-state index is -0.571. The summed E-state index contributed by atoms with van der Waals surface area (Å²) in [4.78, 5) is 27.5. The summed E-state index contributed by atoms with van der Waals surface area (Å²) in [6, 6.07) is 13.0. The van der Waals surface area contributed by atoms with E-state index in [-0.39, 0.29) is 17.9 Å². The van der Waals surface area contributed by atoms with E-state index in [0.717, 1.165) is 21.3 Å². The number of nitrogens with one attached hydrogen (secondary N) is 1. The minimum Gasteiger partial charge on any atom is -0.486 e. The third kappa shape index (κ3) is 6.47. The molecule has 0 fully saturated rings. The number of carbonyl (C=O) groups excluding carboxylic acids is 2. The SMILES string of the molecule is CC(C)NC(=O)[C@@H](C)N(Cc1ccc(Br)cc1)C(=O)CCc1ccc2c(c1)OCCO2. The molecule has 2 aromatic carbocycles. The predicted molar refractivity (Wildman–Crippen MR) is 123 cm³/mol. The second kappa shape index (κ2) is 10.7. The smallest absolute Gasteiger partial charge is 0.242 e. The van der Waals surface area contributed by atoms with Gasteiger partial charge in [-0.25, -0.2) is 0 Å².